The Labute approximate surface area is 110 Å². The van der Waals surface area contributed by atoms with Crippen molar-refractivity contribution >= 4 is 34.7 Å². The Balaban J connectivity index is 2.29. The molecule has 94 valence electrons. The molecule has 17 heavy (non-hydrogen) atoms. The SMILES string of the molecule is NC(CCCCNc1cc(Cl)ccc1Cl)=NO. The minimum Gasteiger partial charge on any atom is -0.409 e. The van der Waals surface area contributed by atoms with Gasteiger partial charge in [0.15, 0.2) is 0 Å². The van der Waals surface area contributed by atoms with E-state index in [0.29, 0.717) is 16.5 Å². The minimum atomic E-state index is 0.255. The van der Waals surface area contributed by atoms with Crippen LogP contribution in [0.5, 0.6) is 0 Å². The van der Waals surface area contributed by atoms with Gasteiger partial charge in [0.1, 0.15) is 5.84 Å². The highest BCUT2D eigenvalue weighted by Gasteiger charge is 2.00. The van der Waals surface area contributed by atoms with Crippen molar-refractivity contribution in [3.63, 3.8) is 0 Å². The molecular weight excluding hydrogens is 261 g/mol. The van der Waals surface area contributed by atoms with E-state index in [9.17, 15) is 0 Å². The lowest BCUT2D eigenvalue weighted by Crippen LogP contribution is -2.11. The number of rotatable bonds is 6. The molecule has 0 aromatic heterocycles. The van der Waals surface area contributed by atoms with Gasteiger partial charge >= 0.3 is 0 Å². The van der Waals surface area contributed by atoms with Crippen LogP contribution in [0.15, 0.2) is 23.4 Å². The second-order valence-corrected chi connectivity index (χ2v) is 4.44. The highest BCUT2D eigenvalue weighted by Crippen LogP contribution is 2.25. The molecule has 1 rings (SSSR count). The lowest BCUT2D eigenvalue weighted by molar-refractivity contribution is 0.316. The van der Waals surface area contributed by atoms with E-state index in [-0.39, 0.29) is 5.84 Å². The molecule has 0 bridgehead atoms. The predicted octanol–water partition coefficient (Wildman–Crippen LogP) is 3.32. The fourth-order valence-electron chi connectivity index (χ4n) is 1.34. The van der Waals surface area contributed by atoms with Crippen LogP contribution in [0.3, 0.4) is 0 Å². The summed E-state index contributed by atoms with van der Waals surface area (Å²) in [4.78, 5) is 0. The third kappa shape index (κ3) is 5.15. The number of anilines is 1. The first-order valence-corrected chi connectivity index (χ1v) is 6.04. The number of oxime groups is 1. The molecule has 6 heteroatoms. The molecule has 0 saturated heterocycles. The second-order valence-electron chi connectivity index (χ2n) is 3.60. The summed E-state index contributed by atoms with van der Waals surface area (Å²) >= 11 is 11.8. The van der Waals surface area contributed by atoms with Gasteiger partial charge in [-0.3, -0.25) is 0 Å². The fourth-order valence-corrected chi connectivity index (χ4v) is 1.69. The van der Waals surface area contributed by atoms with Crippen LogP contribution in [0.4, 0.5) is 5.69 Å². The summed E-state index contributed by atoms with van der Waals surface area (Å²) in [6.07, 6.45) is 2.33. The molecule has 0 saturated carbocycles. The normalized spacial score (nSPS) is 11.5. The number of amidine groups is 1. The number of halogens is 2. The standard InChI is InChI=1S/C11H15Cl2N3O/c12-8-4-5-9(13)10(7-8)15-6-2-1-3-11(14)16-17/h4-5,7,15,17H,1-3,6H2,(H2,14,16). The fraction of sp³-hybridized carbons (Fsp3) is 0.364. The van der Waals surface area contributed by atoms with Gasteiger partial charge in [0.2, 0.25) is 0 Å². The van der Waals surface area contributed by atoms with Crippen LogP contribution in [0, 0.1) is 0 Å². The highest BCUT2D eigenvalue weighted by atomic mass is 35.5. The van der Waals surface area contributed by atoms with Crippen LogP contribution in [0.1, 0.15) is 19.3 Å². The molecule has 1 aromatic carbocycles. The van der Waals surface area contributed by atoms with Gasteiger partial charge < -0.3 is 16.3 Å². The average molecular weight is 276 g/mol. The molecule has 0 amide bonds. The lowest BCUT2D eigenvalue weighted by Gasteiger charge is -2.08. The highest BCUT2D eigenvalue weighted by molar-refractivity contribution is 6.35. The maximum atomic E-state index is 8.35. The Morgan fingerprint density at radius 3 is 2.82 bits per heavy atom. The summed E-state index contributed by atoms with van der Waals surface area (Å²) in [5, 5.41) is 15.7. The Bertz CT molecular complexity index is 396. The summed E-state index contributed by atoms with van der Waals surface area (Å²) in [5.74, 6) is 0.255. The van der Waals surface area contributed by atoms with Gasteiger partial charge in [-0.15, -0.1) is 0 Å². The minimum absolute atomic E-state index is 0.255. The number of hydrogen-bond donors (Lipinski definition) is 3. The molecule has 0 heterocycles. The molecule has 0 aliphatic carbocycles. The average Bonchev–Trinajstić information content (AvgIpc) is 2.32. The molecule has 0 aliphatic heterocycles. The molecule has 0 aliphatic rings. The van der Waals surface area contributed by atoms with Crippen molar-refractivity contribution < 1.29 is 5.21 Å². The van der Waals surface area contributed by atoms with Crippen LogP contribution < -0.4 is 11.1 Å². The first kappa shape index (κ1) is 13.9. The molecule has 0 fully saturated rings. The van der Waals surface area contributed by atoms with Gasteiger partial charge in [0, 0.05) is 18.0 Å². The molecule has 1 aromatic rings. The molecule has 4 N–H and O–H groups in total. The van der Waals surface area contributed by atoms with Gasteiger partial charge in [-0.2, -0.15) is 0 Å². The molecular formula is C11H15Cl2N3O. The molecule has 0 unspecified atom stereocenters. The van der Waals surface area contributed by atoms with Gasteiger partial charge in [0.25, 0.3) is 0 Å². The first-order valence-electron chi connectivity index (χ1n) is 5.29. The van der Waals surface area contributed by atoms with Gasteiger partial charge in [-0.05, 0) is 31.0 Å². The van der Waals surface area contributed by atoms with Crippen molar-refractivity contribution in [2.24, 2.45) is 10.9 Å². The summed E-state index contributed by atoms with van der Waals surface area (Å²) in [7, 11) is 0. The maximum Gasteiger partial charge on any atom is 0.139 e. The maximum absolute atomic E-state index is 8.35. The zero-order valence-corrected chi connectivity index (χ0v) is 10.8. The monoisotopic (exact) mass is 275 g/mol. The Morgan fingerprint density at radius 2 is 2.12 bits per heavy atom. The van der Waals surface area contributed by atoms with Crippen molar-refractivity contribution in [1.29, 1.82) is 0 Å². The van der Waals surface area contributed by atoms with Crippen molar-refractivity contribution in [3.8, 4) is 0 Å². The number of nitrogens with one attached hydrogen (secondary N) is 1. The van der Waals surface area contributed by atoms with E-state index < -0.39 is 0 Å². The zero-order chi connectivity index (χ0) is 12.7. The lowest BCUT2D eigenvalue weighted by atomic mass is 10.2. The van der Waals surface area contributed by atoms with Crippen LogP contribution >= 0.6 is 23.2 Å². The molecule has 4 nitrogen and oxygen atoms in total. The summed E-state index contributed by atoms with van der Waals surface area (Å²) in [6.45, 7) is 0.763. The number of hydrogen-bond acceptors (Lipinski definition) is 3. The third-order valence-corrected chi connectivity index (χ3v) is 2.80. The molecule has 0 spiro atoms. The van der Waals surface area contributed by atoms with Crippen LogP contribution in [0.25, 0.3) is 0 Å². The number of benzene rings is 1. The zero-order valence-electron chi connectivity index (χ0n) is 9.29. The summed E-state index contributed by atoms with van der Waals surface area (Å²) < 4.78 is 0. The third-order valence-electron chi connectivity index (χ3n) is 2.23. The van der Waals surface area contributed by atoms with E-state index in [2.05, 4.69) is 10.5 Å². The first-order chi connectivity index (χ1) is 8.13. The van der Waals surface area contributed by atoms with Crippen LogP contribution in [-0.4, -0.2) is 17.6 Å². The Kier molecular flexibility index (Phi) is 5.94. The molecule has 0 atom stereocenters. The van der Waals surface area contributed by atoms with Gasteiger partial charge in [-0.1, -0.05) is 28.4 Å². The number of nitrogens with two attached hydrogens (primary N) is 1. The number of unbranched alkanes of at least 4 members (excludes halogenated alkanes) is 1. The Hall–Kier alpha value is -1.13. The largest absolute Gasteiger partial charge is 0.409 e. The van der Waals surface area contributed by atoms with Crippen molar-refractivity contribution in [1.82, 2.24) is 0 Å². The van der Waals surface area contributed by atoms with Crippen LogP contribution in [0.2, 0.25) is 10.0 Å². The predicted molar refractivity (Wildman–Crippen MR) is 72.2 cm³/mol. The summed E-state index contributed by atoms with van der Waals surface area (Å²) in [6, 6.07) is 5.28. The topological polar surface area (TPSA) is 70.6 Å². The Morgan fingerprint density at radius 1 is 1.35 bits per heavy atom. The van der Waals surface area contributed by atoms with E-state index in [0.717, 1.165) is 25.1 Å². The van der Waals surface area contributed by atoms with Crippen molar-refractivity contribution in [3.05, 3.63) is 28.2 Å². The van der Waals surface area contributed by atoms with Gasteiger partial charge in [0.05, 0.1) is 10.7 Å². The van der Waals surface area contributed by atoms with E-state index in [1.807, 2.05) is 0 Å². The summed E-state index contributed by atoms with van der Waals surface area (Å²) in [5.41, 5.74) is 6.17. The van der Waals surface area contributed by atoms with E-state index in [1.165, 1.54) is 0 Å². The smallest absolute Gasteiger partial charge is 0.139 e. The van der Waals surface area contributed by atoms with Crippen LogP contribution in [-0.2, 0) is 0 Å². The number of nitrogens with zero attached hydrogens (tertiary/aromatic N) is 1. The van der Waals surface area contributed by atoms with E-state index >= 15 is 0 Å². The second kappa shape index (κ2) is 7.25. The quantitative estimate of drug-likeness (QED) is 0.245. The van der Waals surface area contributed by atoms with Gasteiger partial charge in [-0.25, -0.2) is 0 Å². The van der Waals surface area contributed by atoms with E-state index in [4.69, 9.17) is 34.1 Å². The van der Waals surface area contributed by atoms with E-state index in [1.54, 1.807) is 18.2 Å². The van der Waals surface area contributed by atoms with Crippen molar-refractivity contribution in [2.45, 2.75) is 19.3 Å². The molecule has 0 radical (unpaired) electrons. The van der Waals surface area contributed by atoms with Crippen molar-refractivity contribution in [2.75, 3.05) is 11.9 Å².